The molecule has 3 nitrogen and oxygen atoms in total. The zero-order valence-corrected chi connectivity index (χ0v) is 9.88. The zero-order chi connectivity index (χ0) is 14.6. The lowest BCUT2D eigenvalue weighted by atomic mass is 10.1. The van der Waals surface area contributed by atoms with E-state index < -0.39 is 35.1 Å². The fourth-order valence-electron chi connectivity index (χ4n) is 1.39. The Bertz CT molecular complexity index is 519. The third-order valence-electron chi connectivity index (χ3n) is 2.42. The number of benzene rings is 1. The fraction of sp³-hybridized carbons (Fsp3) is 0.333. The number of nitrogens with one attached hydrogen (secondary N) is 1. The lowest BCUT2D eigenvalue weighted by molar-refractivity contribution is -0.140. The standard InChI is InChI=1S/C12H10F4N2O/c1-2-7(6-17)18-11(19)8-4-3-5-9(10(8)13)12(14,15)16/h3-5,7H,2H2,1H3,(H,18,19). The van der Waals surface area contributed by atoms with E-state index in [-0.39, 0.29) is 6.42 Å². The van der Waals surface area contributed by atoms with Crippen molar-refractivity contribution in [2.24, 2.45) is 0 Å². The van der Waals surface area contributed by atoms with Gasteiger partial charge < -0.3 is 5.32 Å². The van der Waals surface area contributed by atoms with Crippen LogP contribution in [0.5, 0.6) is 0 Å². The maximum atomic E-state index is 13.6. The molecular formula is C12H10F4N2O. The Balaban J connectivity index is 3.09. The fourth-order valence-corrected chi connectivity index (χ4v) is 1.39. The molecule has 0 radical (unpaired) electrons. The van der Waals surface area contributed by atoms with Gasteiger partial charge in [0.1, 0.15) is 11.9 Å². The molecule has 0 bridgehead atoms. The van der Waals surface area contributed by atoms with Crippen molar-refractivity contribution < 1.29 is 22.4 Å². The summed E-state index contributed by atoms with van der Waals surface area (Å²) >= 11 is 0. The molecule has 0 spiro atoms. The predicted molar refractivity (Wildman–Crippen MR) is 58.6 cm³/mol. The van der Waals surface area contributed by atoms with Crippen LogP contribution in [0, 0.1) is 17.1 Å². The van der Waals surface area contributed by atoms with Crippen molar-refractivity contribution in [2.45, 2.75) is 25.6 Å². The number of carbonyl (C=O) groups is 1. The van der Waals surface area contributed by atoms with E-state index in [4.69, 9.17) is 5.26 Å². The number of halogens is 4. The molecule has 1 aromatic rings. The van der Waals surface area contributed by atoms with Gasteiger partial charge in [0.2, 0.25) is 0 Å². The third kappa shape index (κ3) is 3.44. The first kappa shape index (κ1) is 15.0. The van der Waals surface area contributed by atoms with Gasteiger partial charge in [0, 0.05) is 0 Å². The normalized spacial score (nSPS) is 12.6. The number of hydrogen-bond donors (Lipinski definition) is 1. The zero-order valence-electron chi connectivity index (χ0n) is 9.88. The van der Waals surface area contributed by atoms with Gasteiger partial charge in [-0.3, -0.25) is 4.79 Å². The van der Waals surface area contributed by atoms with Gasteiger partial charge in [-0.05, 0) is 18.6 Å². The van der Waals surface area contributed by atoms with Crippen LogP contribution in [0.4, 0.5) is 17.6 Å². The van der Waals surface area contributed by atoms with Crippen molar-refractivity contribution in [2.75, 3.05) is 0 Å². The van der Waals surface area contributed by atoms with Gasteiger partial charge in [-0.25, -0.2) is 4.39 Å². The van der Waals surface area contributed by atoms with Crippen LogP contribution in [0.15, 0.2) is 18.2 Å². The minimum absolute atomic E-state index is 0.267. The number of hydrogen-bond acceptors (Lipinski definition) is 2. The maximum Gasteiger partial charge on any atom is 0.419 e. The molecule has 1 aromatic carbocycles. The minimum Gasteiger partial charge on any atom is -0.336 e. The quantitative estimate of drug-likeness (QED) is 0.862. The van der Waals surface area contributed by atoms with Gasteiger partial charge in [0.15, 0.2) is 0 Å². The third-order valence-corrected chi connectivity index (χ3v) is 2.42. The smallest absolute Gasteiger partial charge is 0.336 e. The molecule has 0 saturated carbocycles. The molecule has 0 aliphatic heterocycles. The van der Waals surface area contributed by atoms with E-state index in [9.17, 15) is 22.4 Å². The summed E-state index contributed by atoms with van der Waals surface area (Å²) in [6.45, 7) is 1.61. The van der Waals surface area contributed by atoms with Crippen molar-refractivity contribution in [3.8, 4) is 6.07 Å². The van der Waals surface area contributed by atoms with Gasteiger partial charge in [-0.2, -0.15) is 18.4 Å². The van der Waals surface area contributed by atoms with Crippen molar-refractivity contribution in [3.63, 3.8) is 0 Å². The molecule has 1 amide bonds. The van der Waals surface area contributed by atoms with Gasteiger partial charge in [-0.1, -0.05) is 13.0 Å². The highest BCUT2D eigenvalue weighted by Crippen LogP contribution is 2.32. The van der Waals surface area contributed by atoms with Crippen molar-refractivity contribution in [1.82, 2.24) is 5.32 Å². The molecule has 1 rings (SSSR count). The summed E-state index contributed by atoms with van der Waals surface area (Å²) in [5.41, 5.74) is -2.24. The first-order chi connectivity index (χ1) is 8.81. The summed E-state index contributed by atoms with van der Waals surface area (Å²) in [5, 5.41) is 10.8. The highest BCUT2D eigenvalue weighted by atomic mass is 19.4. The van der Waals surface area contributed by atoms with E-state index in [0.29, 0.717) is 6.07 Å². The van der Waals surface area contributed by atoms with Gasteiger partial charge in [0.25, 0.3) is 5.91 Å². The highest BCUT2D eigenvalue weighted by molar-refractivity contribution is 5.95. The number of nitrogens with zero attached hydrogens (tertiary/aromatic N) is 1. The number of carbonyl (C=O) groups excluding carboxylic acids is 1. The van der Waals surface area contributed by atoms with Crippen LogP contribution in [0.3, 0.4) is 0 Å². The van der Waals surface area contributed by atoms with Crippen LogP contribution >= 0.6 is 0 Å². The van der Waals surface area contributed by atoms with Gasteiger partial charge in [-0.15, -0.1) is 0 Å². The second-order valence-electron chi connectivity index (χ2n) is 3.73. The Morgan fingerprint density at radius 1 is 1.47 bits per heavy atom. The van der Waals surface area contributed by atoms with E-state index in [0.717, 1.165) is 12.1 Å². The molecule has 1 unspecified atom stereocenters. The van der Waals surface area contributed by atoms with E-state index in [2.05, 4.69) is 5.32 Å². The monoisotopic (exact) mass is 274 g/mol. The Morgan fingerprint density at radius 2 is 2.11 bits per heavy atom. The first-order valence-electron chi connectivity index (χ1n) is 5.37. The average molecular weight is 274 g/mol. The summed E-state index contributed by atoms with van der Waals surface area (Å²) in [4.78, 5) is 11.6. The molecule has 0 aromatic heterocycles. The van der Waals surface area contributed by atoms with Crippen molar-refractivity contribution >= 4 is 5.91 Å². The number of amides is 1. The van der Waals surface area contributed by atoms with E-state index >= 15 is 0 Å². The largest absolute Gasteiger partial charge is 0.419 e. The molecule has 7 heteroatoms. The maximum absolute atomic E-state index is 13.6. The molecule has 0 heterocycles. The topological polar surface area (TPSA) is 52.9 Å². The number of rotatable bonds is 3. The molecule has 1 N–H and O–H groups in total. The molecule has 19 heavy (non-hydrogen) atoms. The predicted octanol–water partition coefficient (Wildman–Crippen LogP) is 2.88. The summed E-state index contributed by atoms with van der Waals surface area (Å²) in [7, 11) is 0. The van der Waals surface area contributed by atoms with Crippen LogP contribution in [0.1, 0.15) is 29.3 Å². The SMILES string of the molecule is CCC(C#N)NC(=O)c1cccc(C(F)(F)F)c1F. The lowest BCUT2D eigenvalue weighted by Crippen LogP contribution is -2.34. The number of nitriles is 1. The van der Waals surface area contributed by atoms with E-state index in [1.54, 1.807) is 13.0 Å². The van der Waals surface area contributed by atoms with E-state index in [1.807, 2.05) is 0 Å². The van der Waals surface area contributed by atoms with Crippen LogP contribution in [-0.4, -0.2) is 11.9 Å². The summed E-state index contributed by atoms with van der Waals surface area (Å²) in [5.74, 6) is -2.68. The second-order valence-corrected chi connectivity index (χ2v) is 3.73. The lowest BCUT2D eigenvalue weighted by Gasteiger charge is -2.13. The summed E-state index contributed by atoms with van der Waals surface area (Å²) < 4.78 is 51.0. The van der Waals surface area contributed by atoms with Crippen LogP contribution in [0.25, 0.3) is 0 Å². The molecule has 0 aliphatic carbocycles. The van der Waals surface area contributed by atoms with Crippen molar-refractivity contribution in [1.29, 1.82) is 5.26 Å². The Morgan fingerprint density at radius 3 is 2.58 bits per heavy atom. The second kappa shape index (κ2) is 5.69. The van der Waals surface area contributed by atoms with Gasteiger partial charge in [0.05, 0.1) is 17.2 Å². The molecule has 102 valence electrons. The molecular weight excluding hydrogens is 264 g/mol. The molecule has 0 saturated heterocycles. The van der Waals surface area contributed by atoms with Gasteiger partial charge >= 0.3 is 6.18 Å². The van der Waals surface area contributed by atoms with Crippen LogP contribution < -0.4 is 5.32 Å². The highest BCUT2D eigenvalue weighted by Gasteiger charge is 2.35. The Hall–Kier alpha value is -2.10. The minimum atomic E-state index is -4.88. The average Bonchev–Trinajstić information content (AvgIpc) is 2.34. The van der Waals surface area contributed by atoms with Crippen LogP contribution in [-0.2, 0) is 6.18 Å². The molecule has 0 aliphatic rings. The Kier molecular flexibility index (Phi) is 4.48. The summed E-state index contributed by atoms with van der Waals surface area (Å²) in [6.07, 6.45) is -4.61. The van der Waals surface area contributed by atoms with Crippen LogP contribution in [0.2, 0.25) is 0 Å². The van der Waals surface area contributed by atoms with Crippen molar-refractivity contribution in [3.05, 3.63) is 35.1 Å². The molecule has 1 atom stereocenters. The Labute approximate surface area is 106 Å². The number of alkyl halides is 3. The van der Waals surface area contributed by atoms with E-state index in [1.165, 1.54) is 0 Å². The molecule has 0 fully saturated rings. The first-order valence-corrected chi connectivity index (χ1v) is 5.37. The summed E-state index contributed by atoms with van der Waals surface area (Å²) in [6, 6.07) is 3.29.